The maximum absolute atomic E-state index is 4.87. The number of benzene rings is 1. The largest absolute Gasteiger partial charge is 0.357 e. The Morgan fingerprint density at radius 3 is 2.76 bits per heavy atom. The van der Waals surface area contributed by atoms with Gasteiger partial charge in [-0.15, -0.1) is 24.0 Å². The number of rotatable bonds is 9. The Labute approximate surface area is 192 Å². The summed E-state index contributed by atoms with van der Waals surface area (Å²) in [5.41, 5.74) is 2.67. The van der Waals surface area contributed by atoms with Crippen molar-refractivity contribution < 1.29 is 0 Å². The first kappa shape index (κ1) is 23.7. The Bertz CT molecular complexity index is 730. The Morgan fingerprint density at radius 1 is 1.21 bits per heavy atom. The van der Waals surface area contributed by atoms with Crippen LogP contribution in [-0.4, -0.2) is 52.9 Å². The van der Waals surface area contributed by atoms with Crippen molar-refractivity contribution >= 4 is 29.9 Å². The number of aliphatic imine (C=N–C) groups is 1. The summed E-state index contributed by atoms with van der Waals surface area (Å²) in [4.78, 5) is 7.45. The molecule has 160 valence electrons. The summed E-state index contributed by atoms with van der Waals surface area (Å²) in [5, 5.41) is 11.1. The summed E-state index contributed by atoms with van der Waals surface area (Å²) in [6, 6.07) is 11.3. The molecule has 1 aliphatic heterocycles. The molecule has 2 heterocycles. The van der Waals surface area contributed by atoms with Crippen LogP contribution in [0.1, 0.15) is 37.3 Å². The molecular formula is C22H35IN6. The van der Waals surface area contributed by atoms with Crippen molar-refractivity contribution in [3.8, 4) is 0 Å². The molecular weight excluding hydrogens is 475 g/mol. The predicted molar refractivity (Wildman–Crippen MR) is 131 cm³/mol. The molecule has 0 spiro atoms. The van der Waals surface area contributed by atoms with E-state index in [9.17, 15) is 0 Å². The Hall–Kier alpha value is -1.61. The second-order valence-electron chi connectivity index (χ2n) is 7.52. The van der Waals surface area contributed by atoms with Gasteiger partial charge in [-0.1, -0.05) is 30.3 Å². The molecule has 7 heteroatoms. The van der Waals surface area contributed by atoms with Crippen LogP contribution in [0.15, 0.2) is 47.7 Å². The van der Waals surface area contributed by atoms with Crippen molar-refractivity contribution in [1.29, 1.82) is 0 Å². The van der Waals surface area contributed by atoms with E-state index in [1.165, 1.54) is 30.5 Å². The normalized spacial score (nSPS) is 17.2. The lowest BCUT2D eigenvalue weighted by atomic mass is 10.2. The molecule has 1 atom stereocenters. The molecule has 1 aromatic carbocycles. The lowest BCUT2D eigenvalue weighted by Gasteiger charge is -2.23. The molecule has 6 nitrogen and oxygen atoms in total. The van der Waals surface area contributed by atoms with Crippen LogP contribution in [0.2, 0.25) is 0 Å². The zero-order valence-corrected chi connectivity index (χ0v) is 20.0. The average molecular weight is 510 g/mol. The first-order chi connectivity index (χ1) is 13.7. The van der Waals surface area contributed by atoms with Gasteiger partial charge in [0.25, 0.3) is 0 Å². The van der Waals surface area contributed by atoms with Crippen LogP contribution in [-0.2, 0) is 20.0 Å². The highest BCUT2D eigenvalue weighted by Gasteiger charge is 2.24. The lowest BCUT2D eigenvalue weighted by molar-refractivity contribution is 0.250. The molecule has 29 heavy (non-hydrogen) atoms. The summed E-state index contributed by atoms with van der Waals surface area (Å²) in [6.07, 6.45) is 8.63. The minimum absolute atomic E-state index is 0. The van der Waals surface area contributed by atoms with Crippen LogP contribution in [0.25, 0.3) is 0 Å². The Kier molecular flexibility index (Phi) is 10.5. The topological polar surface area (TPSA) is 57.5 Å². The third-order valence-electron chi connectivity index (χ3n) is 5.22. The van der Waals surface area contributed by atoms with Gasteiger partial charge in [-0.2, -0.15) is 5.10 Å². The molecule has 0 amide bonds. The number of halogens is 1. The van der Waals surface area contributed by atoms with Crippen molar-refractivity contribution in [2.24, 2.45) is 12.0 Å². The minimum atomic E-state index is 0. The minimum Gasteiger partial charge on any atom is -0.357 e. The molecule has 0 bridgehead atoms. The molecule has 1 saturated heterocycles. The van der Waals surface area contributed by atoms with Crippen molar-refractivity contribution in [2.75, 3.05) is 26.2 Å². The Balaban J connectivity index is 0.00000300. The average Bonchev–Trinajstić information content (AvgIpc) is 3.32. The number of nitrogens with zero attached hydrogens (tertiary/aromatic N) is 4. The summed E-state index contributed by atoms with van der Waals surface area (Å²) in [6.45, 7) is 6.96. The maximum Gasteiger partial charge on any atom is 0.191 e. The van der Waals surface area contributed by atoms with E-state index in [1.54, 1.807) is 0 Å². The second kappa shape index (κ2) is 12.8. The van der Waals surface area contributed by atoms with Crippen molar-refractivity contribution in [3.63, 3.8) is 0 Å². The van der Waals surface area contributed by atoms with Gasteiger partial charge in [0.05, 0.1) is 12.7 Å². The summed E-state index contributed by atoms with van der Waals surface area (Å²) < 4.78 is 1.86. The molecule has 2 aromatic rings. The summed E-state index contributed by atoms with van der Waals surface area (Å²) in [7, 11) is 1.96. The molecule has 1 aromatic heterocycles. The number of aryl methyl sites for hydroxylation is 2. The Morgan fingerprint density at radius 2 is 2.03 bits per heavy atom. The monoisotopic (exact) mass is 510 g/mol. The first-order valence-corrected chi connectivity index (χ1v) is 10.5. The highest BCUT2D eigenvalue weighted by atomic mass is 127. The molecule has 1 fully saturated rings. The standard InChI is InChI=1S/C22H34N6.HI/c1-3-23-22(24-13-7-11-20-15-26-27(2)17-20)25-16-21-12-8-14-28(21)18-19-9-5-4-6-10-19;/h4-6,9-10,15,17,21H,3,7-8,11-14,16,18H2,1-2H3,(H2,23,24,25);1H. The molecule has 3 rings (SSSR count). The van der Waals surface area contributed by atoms with E-state index < -0.39 is 0 Å². The number of aromatic nitrogens is 2. The number of guanidine groups is 1. The van der Waals surface area contributed by atoms with Crippen LogP contribution >= 0.6 is 24.0 Å². The zero-order valence-electron chi connectivity index (χ0n) is 17.7. The van der Waals surface area contributed by atoms with Gasteiger partial charge in [-0.05, 0) is 50.3 Å². The number of hydrogen-bond donors (Lipinski definition) is 2. The van der Waals surface area contributed by atoms with Gasteiger partial charge in [0.15, 0.2) is 5.96 Å². The SMILES string of the molecule is CCNC(=NCC1CCCN1Cc1ccccc1)NCCCc1cnn(C)c1.I. The van der Waals surface area contributed by atoms with Crippen LogP contribution < -0.4 is 10.6 Å². The first-order valence-electron chi connectivity index (χ1n) is 10.5. The van der Waals surface area contributed by atoms with E-state index in [0.717, 1.165) is 45.0 Å². The molecule has 1 aliphatic rings. The van der Waals surface area contributed by atoms with Crippen molar-refractivity contribution in [1.82, 2.24) is 25.3 Å². The molecule has 0 saturated carbocycles. The van der Waals surface area contributed by atoms with Crippen molar-refractivity contribution in [2.45, 2.75) is 45.2 Å². The van der Waals surface area contributed by atoms with Gasteiger partial charge < -0.3 is 10.6 Å². The van der Waals surface area contributed by atoms with E-state index in [4.69, 9.17) is 4.99 Å². The lowest BCUT2D eigenvalue weighted by Crippen LogP contribution is -2.39. The molecule has 0 aliphatic carbocycles. The molecule has 0 radical (unpaired) electrons. The fourth-order valence-electron chi connectivity index (χ4n) is 3.77. The van der Waals surface area contributed by atoms with E-state index in [2.05, 4.69) is 64.1 Å². The van der Waals surface area contributed by atoms with E-state index in [-0.39, 0.29) is 24.0 Å². The van der Waals surface area contributed by atoms with Gasteiger partial charge in [0.2, 0.25) is 0 Å². The van der Waals surface area contributed by atoms with Gasteiger partial charge in [-0.3, -0.25) is 14.6 Å². The van der Waals surface area contributed by atoms with Gasteiger partial charge in [-0.25, -0.2) is 0 Å². The quantitative estimate of drug-likeness (QED) is 0.236. The smallest absolute Gasteiger partial charge is 0.191 e. The third-order valence-corrected chi connectivity index (χ3v) is 5.22. The van der Waals surface area contributed by atoms with Crippen LogP contribution in [0.4, 0.5) is 0 Å². The van der Waals surface area contributed by atoms with Gasteiger partial charge >= 0.3 is 0 Å². The maximum atomic E-state index is 4.87. The van der Waals surface area contributed by atoms with Gasteiger partial charge in [0.1, 0.15) is 0 Å². The van der Waals surface area contributed by atoms with Crippen LogP contribution in [0.3, 0.4) is 0 Å². The highest BCUT2D eigenvalue weighted by Crippen LogP contribution is 2.20. The highest BCUT2D eigenvalue weighted by molar-refractivity contribution is 14.0. The third kappa shape index (κ3) is 7.97. The van der Waals surface area contributed by atoms with E-state index in [0.29, 0.717) is 6.04 Å². The summed E-state index contributed by atoms with van der Waals surface area (Å²) >= 11 is 0. The number of nitrogens with one attached hydrogen (secondary N) is 2. The van der Waals surface area contributed by atoms with Crippen LogP contribution in [0, 0.1) is 0 Å². The van der Waals surface area contributed by atoms with Crippen molar-refractivity contribution in [3.05, 3.63) is 53.9 Å². The predicted octanol–water partition coefficient (Wildman–Crippen LogP) is 3.19. The zero-order chi connectivity index (χ0) is 19.6. The number of likely N-dealkylation sites (tertiary alicyclic amines) is 1. The second-order valence-corrected chi connectivity index (χ2v) is 7.52. The summed E-state index contributed by atoms with van der Waals surface area (Å²) in [5.74, 6) is 0.931. The molecule has 1 unspecified atom stereocenters. The number of hydrogen-bond acceptors (Lipinski definition) is 3. The van der Waals surface area contributed by atoms with E-state index >= 15 is 0 Å². The fourth-order valence-corrected chi connectivity index (χ4v) is 3.77. The van der Waals surface area contributed by atoms with Crippen LogP contribution in [0.5, 0.6) is 0 Å². The fraction of sp³-hybridized carbons (Fsp3) is 0.545. The molecule has 2 N–H and O–H groups in total. The van der Waals surface area contributed by atoms with E-state index in [1.807, 2.05) is 17.9 Å². The van der Waals surface area contributed by atoms with Gasteiger partial charge in [0, 0.05) is 38.9 Å².